The fourth-order valence-corrected chi connectivity index (χ4v) is 5.05. The summed E-state index contributed by atoms with van der Waals surface area (Å²) in [5, 5.41) is 18.8. The lowest BCUT2D eigenvalue weighted by molar-refractivity contribution is -0.125. The Morgan fingerprint density at radius 3 is 2.68 bits per heavy atom. The molecule has 1 saturated heterocycles. The second-order valence-corrected chi connectivity index (χ2v) is 9.22. The van der Waals surface area contributed by atoms with E-state index in [4.69, 9.17) is 4.74 Å². The fourth-order valence-electron chi connectivity index (χ4n) is 5.05. The van der Waals surface area contributed by atoms with E-state index < -0.39 is 12.1 Å². The third-order valence-electron chi connectivity index (χ3n) is 6.91. The monoisotopic (exact) mass is 465 g/mol. The number of hydrogen-bond donors (Lipinski definition) is 4. The third-order valence-corrected chi connectivity index (χ3v) is 6.91. The zero-order chi connectivity index (χ0) is 24.1. The van der Waals surface area contributed by atoms with Crippen LogP contribution >= 0.6 is 0 Å². The lowest BCUT2D eigenvalue weighted by Crippen LogP contribution is -2.50. The number of nitrogens with zero attached hydrogens (tertiary/aromatic N) is 1. The number of nitriles is 1. The minimum Gasteiger partial charge on any atom is -0.496 e. The highest BCUT2D eigenvalue weighted by Gasteiger charge is 2.31. The predicted octanol–water partition coefficient (Wildman–Crippen LogP) is 2.39. The average molecular weight is 466 g/mol. The van der Waals surface area contributed by atoms with Crippen LogP contribution in [-0.4, -0.2) is 48.4 Å². The molecule has 9 nitrogen and oxygen atoms in total. The second-order valence-electron chi connectivity index (χ2n) is 9.22. The summed E-state index contributed by atoms with van der Waals surface area (Å²) in [5.74, 6) is -0.145. The minimum absolute atomic E-state index is 0.0838. The molecule has 0 spiro atoms. The summed E-state index contributed by atoms with van der Waals surface area (Å²) in [6.45, 7) is 0.589. The first-order valence-electron chi connectivity index (χ1n) is 11.9. The summed E-state index contributed by atoms with van der Waals surface area (Å²) in [7, 11) is 1.57. The van der Waals surface area contributed by atoms with Gasteiger partial charge in [-0.1, -0.05) is 31.7 Å². The van der Waals surface area contributed by atoms with Gasteiger partial charge in [0.1, 0.15) is 23.5 Å². The summed E-state index contributed by atoms with van der Waals surface area (Å²) < 4.78 is 5.37. The molecule has 0 radical (unpaired) electrons. The van der Waals surface area contributed by atoms with Gasteiger partial charge < -0.3 is 25.7 Å². The molecule has 1 aromatic heterocycles. The highest BCUT2D eigenvalue weighted by molar-refractivity contribution is 6.01. The molecule has 0 unspecified atom stereocenters. The molecule has 3 amide bonds. The van der Waals surface area contributed by atoms with E-state index in [-0.39, 0.29) is 30.1 Å². The van der Waals surface area contributed by atoms with Crippen molar-refractivity contribution in [3.8, 4) is 11.8 Å². The van der Waals surface area contributed by atoms with Gasteiger partial charge in [0, 0.05) is 23.4 Å². The van der Waals surface area contributed by atoms with Crippen LogP contribution < -0.4 is 20.7 Å². The van der Waals surface area contributed by atoms with Crippen LogP contribution in [0, 0.1) is 23.2 Å². The standard InChI is InChI=1S/C25H31N5O4/c1-34-22-8-4-7-19-18(22)13-21(29-19)25(33)30-20(11-15-5-2-3-6-15)24(32)28-17(14-26)12-16-9-10-27-23(16)31/h4,7-8,13,15-17,20,29H,2-3,5-6,9-12H2,1H3,(H,27,31)(H,28,32)(H,30,33)/t16-,17-,20-/m0/s1. The largest absolute Gasteiger partial charge is 0.496 e. The van der Waals surface area contributed by atoms with Crippen LogP contribution in [0.25, 0.3) is 10.9 Å². The maximum absolute atomic E-state index is 13.2. The summed E-state index contributed by atoms with van der Waals surface area (Å²) in [5.41, 5.74) is 1.10. The zero-order valence-corrected chi connectivity index (χ0v) is 19.4. The van der Waals surface area contributed by atoms with Gasteiger partial charge in [0.25, 0.3) is 5.91 Å². The van der Waals surface area contributed by atoms with Gasteiger partial charge in [0.15, 0.2) is 0 Å². The lowest BCUT2D eigenvalue weighted by atomic mass is 9.96. The predicted molar refractivity (Wildman–Crippen MR) is 126 cm³/mol. The van der Waals surface area contributed by atoms with Gasteiger partial charge in [-0.3, -0.25) is 14.4 Å². The molecule has 2 fully saturated rings. The lowest BCUT2D eigenvalue weighted by Gasteiger charge is -2.23. The molecule has 2 aliphatic rings. The van der Waals surface area contributed by atoms with Crippen LogP contribution in [0.3, 0.4) is 0 Å². The molecular formula is C25H31N5O4. The van der Waals surface area contributed by atoms with Crippen molar-refractivity contribution in [1.29, 1.82) is 5.26 Å². The number of aromatic amines is 1. The first-order valence-corrected chi connectivity index (χ1v) is 11.9. The summed E-state index contributed by atoms with van der Waals surface area (Å²) in [4.78, 5) is 41.3. The van der Waals surface area contributed by atoms with E-state index in [0.717, 1.165) is 36.6 Å². The maximum Gasteiger partial charge on any atom is 0.268 e. The van der Waals surface area contributed by atoms with Crippen molar-refractivity contribution in [3.63, 3.8) is 0 Å². The third kappa shape index (κ3) is 5.33. The number of carbonyl (C=O) groups is 3. The number of rotatable bonds is 9. The van der Waals surface area contributed by atoms with Crippen LogP contribution in [0.5, 0.6) is 5.75 Å². The molecule has 1 aromatic carbocycles. The molecule has 2 heterocycles. The number of benzene rings is 1. The van der Waals surface area contributed by atoms with E-state index in [1.807, 2.05) is 18.2 Å². The van der Waals surface area contributed by atoms with Crippen molar-refractivity contribution in [3.05, 3.63) is 30.0 Å². The van der Waals surface area contributed by atoms with Crippen LogP contribution in [0.2, 0.25) is 0 Å². The molecule has 1 aliphatic heterocycles. The van der Waals surface area contributed by atoms with E-state index in [2.05, 4.69) is 27.0 Å². The normalized spacial score (nSPS) is 19.9. The molecule has 4 rings (SSSR count). The maximum atomic E-state index is 13.2. The minimum atomic E-state index is -0.790. The number of methoxy groups -OCH3 is 1. The molecule has 3 atom stereocenters. The SMILES string of the molecule is COc1cccc2[nH]c(C(=O)N[C@@H](CC3CCCC3)C(=O)N[C@H](C#N)C[C@@H]3CCNC3=O)cc12. The summed E-state index contributed by atoms with van der Waals surface area (Å²) in [6.07, 6.45) is 5.71. The van der Waals surface area contributed by atoms with Crippen molar-refractivity contribution in [2.45, 2.75) is 57.0 Å². The Morgan fingerprint density at radius 1 is 1.21 bits per heavy atom. The quantitative estimate of drug-likeness (QED) is 0.451. The van der Waals surface area contributed by atoms with E-state index >= 15 is 0 Å². The molecule has 2 aromatic rings. The zero-order valence-electron chi connectivity index (χ0n) is 19.4. The van der Waals surface area contributed by atoms with Crippen LogP contribution in [0.15, 0.2) is 24.3 Å². The Labute approximate surface area is 198 Å². The molecule has 1 aliphatic carbocycles. The van der Waals surface area contributed by atoms with Crippen molar-refractivity contribution >= 4 is 28.6 Å². The van der Waals surface area contributed by atoms with Crippen molar-refractivity contribution < 1.29 is 19.1 Å². The molecule has 1 saturated carbocycles. The van der Waals surface area contributed by atoms with Crippen LogP contribution in [0.1, 0.15) is 55.4 Å². The molecule has 9 heteroatoms. The number of amides is 3. The molecular weight excluding hydrogens is 434 g/mol. The second kappa shape index (κ2) is 10.6. The first-order chi connectivity index (χ1) is 16.5. The number of carbonyl (C=O) groups excluding carboxylic acids is 3. The van der Waals surface area contributed by atoms with Gasteiger partial charge in [0.05, 0.1) is 13.2 Å². The number of nitrogens with one attached hydrogen (secondary N) is 4. The van der Waals surface area contributed by atoms with E-state index in [0.29, 0.717) is 36.7 Å². The average Bonchev–Trinajstić information content (AvgIpc) is 3.59. The first kappa shape index (κ1) is 23.6. The van der Waals surface area contributed by atoms with Crippen molar-refractivity contribution in [2.75, 3.05) is 13.7 Å². The van der Waals surface area contributed by atoms with Gasteiger partial charge in [0.2, 0.25) is 11.8 Å². The van der Waals surface area contributed by atoms with E-state index in [1.165, 1.54) is 0 Å². The Morgan fingerprint density at radius 2 is 2.00 bits per heavy atom. The number of ether oxygens (including phenoxy) is 1. The number of fused-ring (bicyclic) bond motifs is 1. The Balaban J connectivity index is 1.47. The van der Waals surface area contributed by atoms with Gasteiger partial charge in [-0.05, 0) is 43.4 Å². The number of hydrogen-bond acceptors (Lipinski definition) is 5. The fraction of sp³-hybridized carbons (Fsp3) is 0.520. The number of aromatic nitrogens is 1. The van der Waals surface area contributed by atoms with Gasteiger partial charge >= 0.3 is 0 Å². The van der Waals surface area contributed by atoms with Crippen LogP contribution in [0.4, 0.5) is 0 Å². The molecule has 0 bridgehead atoms. The smallest absolute Gasteiger partial charge is 0.268 e. The Hall–Kier alpha value is -3.54. The summed E-state index contributed by atoms with van der Waals surface area (Å²) >= 11 is 0. The number of H-pyrrole nitrogens is 1. The highest BCUT2D eigenvalue weighted by atomic mass is 16.5. The molecule has 34 heavy (non-hydrogen) atoms. The Bertz CT molecular complexity index is 1100. The van der Waals surface area contributed by atoms with E-state index in [1.54, 1.807) is 13.2 Å². The topological polar surface area (TPSA) is 136 Å². The van der Waals surface area contributed by atoms with Gasteiger partial charge in [-0.2, -0.15) is 5.26 Å². The summed E-state index contributed by atoms with van der Waals surface area (Å²) in [6, 6.07) is 7.77. The van der Waals surface area contributed by atoms with Gasteiger partial charge in [-0.25, -0.2) is 0 Å². The van der Waals surface area contributed by atoms with Crippen molar-refractivity contribution in [1.82, 2.24) is 20.9 Å². The van der Waals surface area contributed by atoms with Gasteiger partial charge in [-0.15, -0.1) is 0 Å². The van der Waals surface area contributed by atoms with Crippen molar-refractivity contribution in [2.24, 2.45) is 11.8 Å². The molecule has 180 valence electrons. The van der Waals surface area contributed by atoms with Crippen LogP contribution in [-0.2, 0) is 9.59 Å². The Kier molecular flexibility index (Phi) is 7.36. The molecule has 4 N–H and O–H groups in total. The highest BCUT2D eigenvalue weighted by Crippen LogP contribution is 2.29. The van der Waals surface area contributed by atoms with E-state index in [9.17, 15) is 19.6 Å².